The zero-order valence-corrected chi connectivity index (χ0v) is 37.7. The standard InChI is InChI=1S/C43H38N8O9S4/c1-27-38(63(56,57)49(3)15-7-14-44)22-36(61-27)40(52)47-34-12-10-30(24-45)20-32(34)42(54)60-43(55)33-21-31(25-46)11-13-35(33)48-41(53)37-23-39(28(2)62-37)64(58,59)51-18-16-50(17-19-51)26-29-8-5-4-6-9-29/h4-6,8-13,20-23H,7,15-19,26H2,1-3H3,(H,47,52)(H,48,53). The lowest BCUT2D eigenvalue weighted by molar-refractivity contribution is 0.0399. The lowest BCUT2D eigenvalue weighted by Crippen LogP contribution is -2.48. The molecule has 0 radical (unpaired) electrons. The van der Waals surface area contributed by atoms with Crippen LogP contribution < -0.4 is 10.6 Å². The van der Waals surface area contributed by atoms with E-state index in [0.29, 0.717) is 24.5 Å². The molecular weight excluding hydrogens is 901 g/mol. The van der Waals surface area contributed by atoms with Crippen LogP contribution in [0.4, 0.5) is 11.4 Å². The third kappa shape index (κ3) is 10.4. The monoisotopic (exact) mass is 938 g/mol. The highest BCUT2D eigenvalue weighted by atomic mass is 32.2. The molecule has 64 heavy (non-hydrogen) atoms. The fraction of sp³-hybridized carbons (Fsp3) is 0.233. The molecule has 0 atom stereocenters. The number of carbonyl (C=O) groups is 4. The van der Waals surface area contributed by atoms with E-state index in [4.69, 9.17) is 10.00 Å². The van der Waals surface area contributed by atoms with Gasteiger partial charge in [-0.05, 0) is 67.9 Å². The van der Waals surface area contributed by atoms with E-state index < -0.39 is 54.9 Å². The van der Waals surface area contributed by atoms with Gasteiger partial charge < -0.3 is 15.4 Å². The van der Waals surface area contributed by atoms with Gasteiger partial charge in [0.05, 0.1) is 71.4 Å². The molecule has 2 amide bonds. The van der Waals surface area contributed by atoms with Gasteiger partial charge in [-0.1, -0.05) is 30.3 Å². The Morgan fingerprint density at radius 3 is 1.72 bits per heavy atom. The molecule has 3 aromatic carbocycles. The second kappa shape index (κ2) is 19.8. The van der Waals surface area contributed by atoms with Crippen LogP contribution in [-0.2, 0) is 31.3 Å². The van der Waals surface area contributed by atoms with Crippen molar-refractivity contribution in [3.05, 3.63) is 126 Å². The van der Waals surface area contributed by atoms with Crippen molar-refractivity contribution in [2.75, 3.05) is 50.4 Å². The second-order valence-corrected chi connectivity index (χ2v) is 20.7. The first kappa shape index (κ1) is 46.9. The number of nitrogens with one attached hydrogen (secondary N) is 2. The highest BCUT2D eigenvalue weighted by Gasteiger charge is 2.33. The molecule has 17 nitrogen and oxygen atoms in total. The fourth-order valence-corrected chi connectivity index (χ4v) is 12.1. The molecule has 1 aliphatic rings. The van der Waals surface area contributed by atoms with Crippen LogP contribution in [-0.4, -0.2) is 93.9 Å². The minimum Gasteiger partial charge on any atom is -0.386 e. The lowest BCUT2D eigenvalue weighted by Gasteiger charge is -2.34. The van der Waals surface area contributed by atoms with Crippen LogP contribution in [0.1, 0.15) is 72.9 Å². The van der Waals surface area contributed by atoms with Gasteiger partial charge in [0.15, 0.2) is 0 Å². The maximum Gasteiger partial charge on any atom is 0.348 e. The fourth-order valence-electron chi connectivity index (χ4n) is 6.62. The topological polar surface area (TPSA) is 251 Å². The van der Waals surface area contributed by atoms with Crippen LogP contribution in [0.3, 0.4) is 0 Å². The number of aryl methyl sites for hydroxylation is 2. The number of hydrogen-bond acceptors (Lipinski definition) is 15. The number of piperazine rings is 1. The Labute approximate surface area is 377 Å². The summed E-state index contributed by atoms with van der Waals surface area (Å²) in [5.41, 5.74) is -0.189. The van der Waals surface area contributed by atoms with E-state index in [1.54, 1.807) is 6.92 Å². The van der Waals surface area contributed by atoms with E-state index >= 15 is 0 Å². The van der Waals surface area contributed by atoms with Gasteiger partial charge in [0.25, 0.3) is 11.8 Å². The molecule has 0 spiro atoms. The minimum absolute atomic E-state index is 0.00363. The van der Waals surface area contributed by atoms with Gasteiger partial charge in [-0.2, -0.15) is 24.4 Å². The van der Waals surface area contributed by atoms with Crippen molar-refractivity contribution >= 4 is 77.8 Å². The van der Waals surface area contributed by atoms with E-state index in [2.05, 4.69) is 15.5 Å². The van der Waals surface area contributed by atoms with Gasteiger partial charge in [-0.3, -0.25) is 14.5 Å². The molecule has 0 aliphatic carbocycles. The van der Waals surface area contributed by atoms with Crippen molar-refractivity contribution < 1.29 is 40.8 Å². The lowest BCUT2D eigenvalue weighted by atomic mass is 10.1. The van der Waals surface area contributed by atoms with Crippen LogP contribution >= 0.6 is 22.7 Å². The molecule has 1 fully saturated rings. The summed E-state index contributed by atoms with van der Waals surface area (Å²) >= 11 is 1.78. The Kier molecular flexibility index (Phi) is 14.5. The van der Waals surface area contributed by atoms with Gasteiger partial charge >= 0.3 is 11.9 Å². The number of anilines is 2. The molecule has 1 aliphatic heterocycles. The average molecular weight is 939 g/mol. The molecule has 6 rings (SSSR count). The number of thiophene rings is 2. The predicted molar refractivity (Wildman–Crippen MR) is 237 cm³/mol. The van der Waals surface area contributed by atoms with Crippen molar-refractivity contribution in [1.29, 1.82) is 15.8 Å². The van der Waals surface area contributed by atoms with Gasteiger partial charge in [0.2, 0.25) is 20.0 Å². The number of ether oxygens (including phenoxy) is 1. The molecule has 2 aromatic heterocycles. The maximum atomic E-state index is 13.8. The second-order valence-electron chi connectivity index (χ2n) is 14.3. The van der Waals surface area contributed by atoms with Gasteiger partial charge in [0, 0.05) is 62.5 Å². The zero-order valence-electron chi connectivity index (χ0n) is 34.4. The number of rotatable bonds is 14. The Balaban J connectivity index is 1.17. The van der Waals surface area contributed by atoms with Gasteiger partial charge in [0.1, 0.15) is 0 Å². The van der Waals surface area contributed by atoms with Crippen LogP contribution in [0.2, 0.25) is 0 Å². The number of amides is 2. The summed E-state index contributed by atoms with van der Waals surface area (Å²) in [6.07, 6.45) is -0.0504. The molecule has 0 unspecified atom stereocenters. The number of hydrogen-bond donors (Lipinski definition) is 2. The molecule has 328 valence electrons. The predicted octanol–water partition coefficient (Wildman–Crippen LogP) is 5.71. The van der Waals surface area contributed by atoms with Gasteiger partial charge in [-0.15, -0.1) is 22.7 Å². The van der Waals surface area contributed by atoms with Crippen molar-refractivity contribution in [2.45, 2.75) is 36.6 Å². The molecule has 2 N–H and O–H groups in total. The Morgan fingerprint density at radius 1 is 0.719 bits per heavy atom. The largest absolute Gasteiger partial charge is 0.386 e. The number of sulfonamides is 2. The zero-order chi connectivity index (χ0) is 46.3. The van der Waals surface area contributed by atoms with E-state index in [1.807, 2.05) is 48.5 Å². The Hall–Kier alpha value is -6.61. The molecule has 21 heteroatoms. The molecule has 1 saturated heterocycles. The Bertz CT molecular complexity index is 3010. The SMILES string of the molecule is Cc1sc(C(=O)Nc2ccc(C#N)cc2C(=O)OC(=O)c2cc(C#N)ccc2NC(=O)c2cc(S(=O)(=O)N3CCN(Cc4ccccc4)CC3)c(C)s2)cc1S(=O)(=O)N(C)CCC#N. The van der Waals surface area contributed by atoms with E-state index in [-0.39, 0.29) is 73.0 Å². The van der Waals surface area contributed by atoms with E-state index in [9.17, 15) is 46.5 Å². The molecule has 0 saturated carbocycles. The first-order valence-electron chi connectivity index (χ1n) is 19.2. The summed E-state index contributed by atoms with van der Waals surface area (Å²) in [5, 5.41) is 33.1. The average Bonchev–Trinajstić information content (AvgIpc) is 3.89. The minimum atomic E-state index is -4.06. The number of nitriles is 3. The normalized spacial score (nSPS) is 13.3. The molecule has 3 heterocycles. The third-order valence-electron chi connectivity index (χ3n) is 10.0. The number of esters is 2. The summed E-state index contributed by atoms with van der Waals surface area (Å²) in [4.78, 5) is 57.0. The van der Waals surface area contributed by atoms with Crippen LogP contribution in [0.25, 0.3) is 0 Å². The Morgan fingerprint density at radius 2 is 1.22 bits per heavy atom. The van der Waals surface area contributed by atoms with Crippen molar-refractivity contribution in [1.82, 2.24) is 13.5 Å². The first-order valence-corrected chi connectivity index (χ1v) is 23.8. The smallest absolute Gasteiger partial charge is 0.348 e. The molecular formula is C43H38N8O9S4. The first-order chi connectivity index (χ1) is 30.5. The quantitative estimate of drug-likeness (QED) is 0.100. The number of benzene rings is 3. The number of carbonyl (C=O) groups excluding carboxylic acids is 4. The maximum absolute atomic E-state index is 13.8. The van der Waals surface area contributed by atoms with E-state index in [1.165, 1.54) is 48.6 Å². The summed E-state index contributed by atoms with van der Waals surface area (Å²) in [7, 11) is -6.74. The summed E-state index contributed by atoms with van der Waals surface area (Å²) in [6.45, 7) is 5.22. The molecule has 0 bridgehead atoms. The summed E-state index contributed by atoms with van der Waals surface area (Å²) in [6, 6.07) is 25.1. The molecule has 5 aromatic rings. The van der Waals surface area contributed by atoms with Gasteiger partial charge in [-0.25, -0.2) is 26.4 Å². The van der Waals surface area contributed by atoms with Crippen molar-refractivity contribution in [2.24, 2.45) is 0 Å². The highest BCUT2D eigenvalue weighted by molar-refractivity contribution is 7.89. The number of nitrogens with zero attached hydrogens (tertiary/aromatic N) is 6. The van der Waals surface area contributed by atoms with E-state index in [0.717, 1.165) is 50.7 Å². The highest BCUT2D eigenvalue weighted by Crippen LogP contribution is 2.32. The van der Waals surface area contributed by atoms with Crippen LogP contribution in [0.5, 0.6) is 0 Å². The van der Waals surface area contributed by atoms with Crippen molar-refractivity contribution in [3.8, 4) is 18.2 Å². The van der Waals surface area contributed by atoms with Crippen LogP contribution in [0.15, 0.2) is 88.7 Å². The van der Waals surface area contributed by atoms with Crippen LogP contribution in [0, 0.1) is 47.8 Å². The third-order valence-corrected chi connectivity index (χ3v) is 16.4. The summed E-state index contributed by atoms with van der Waals surface area (Å²) < 4.78 is 61.4. The summed E-state index contributed by atoms with van der Waals surface area (Å²) in [5.74, 6) is -4.26. The van der Waals surface area contributed by atoms with Crippen molar-refractivity contribution in [3.63, 3.8) is 0 Å².